The van der Waals surface area contributed by atoms with E-state index in [0.717, 1.165) is 53.7 Å². The van der Waals surface area contributed by atoms with Gasteiger partial charge in [-0.25, -0.2) is 9.97 Å². The van der Waals surface area contributed by atoms with Gasteiger partial charge in [0.05, 0.1) is 11.7 Å². The SMILES string of the molecule is Cc1cc(CCC(=O)O)cc(C2CCCN2c2nc(C)cc(C)n2)n1. The number of anilines is 1. The lowest BCUT2D eigenvalue weighted by atomic mass is 10.0. The number of carboxylic acids is 1. The van der Waals surface area contributed by atoms with Crippen LogP contribution in [0.25, 0.3) is 0 Å². The van der Waals surface area contributed by atoms with E-state index in [2.05, 4.69) is 14.9 Å². The van der Waals surface area contributed by atoms with Crippen LogP contribution >= 0.6 is 0 Å². The Morgan fingerprint density at radius 3 is 2.48 bits per heavy atom. The van der Waals surface area contributed by atoms with Crippen LogP contribution in [-0.4, -0.2) is 32.6 Å². The van der Waals surface area contributed by atoms with E-state index < -0.39 is 5.97 Å². The molecule has 0 amide bonds. The van der Waals surface area contributed by atoms with Crippen molar-refractivity contribution in [1.82, 2.24) is 15.0 Å². The van der Waals surface area contributed by atoms with Crippen LogP contribution in [0.5, 0.6) is 0 Å². The molecule has 1 N–H and O–H groups in total. The van der Waals surface area contributed by atoms with Crippen LogP contribution < -0.4 is 4.90 Å². The van der Waals surface area contributed by atoms with Gasteiger partial charge in [0, 0.05) is 30.0 Å². The summed E-state index contributed by atoms with van der Waals surface area (Å²) >= 11 is 0. The van der Waals surface area contributed by atoms with E-state index in [-0.39, 0.29) is 12.5 Å². The topological polar surface area (TPSA) is 79.2 Å². The van der Waals surface area contributed by atoms with Crippen LogP contribution in [0.15, 0.2) is 18.2 Å². The molecule has 0 bridgehead atoms. The van der Waals surface area contributed by atoms with Crippen molar-refractivity contribution in [3.8, 4) is 0 Å². The summed E-state index contributed by atoms with van der Waals surface area (Å²) in [4.78, 5) is 27.0. The Morgan fingerprint density at radius 1 is 1.12 bits per heavy atom. The van der Waals surface area contributed by atoms with Gasteiger partial charge < -0.3 is 10.0 Å². The molecule has 3 rings (SSSR count). The van der Waals surface area contributed by atoms with Crippen molar-refractivity contribution in [3.05, 3.63) is 46.5 Å². The monoisotopic (exact) mass is 340 g/mol. The molecular weight excluding hydrogens is 316 g/mol. The normalized spacial score (nSPS) is 17.1. The molecule has 1 unspecified atom stereocenters. The van der Waals surface area contributed by atoms with Gasteiger partial charge in [-0.2, -0.15) is 0 Å². The minimum atomic E-state index is -0.776. The highest BCUT2D eigenvalue weighted by Gasteiger charge is 2.29. The minimum Gasteiger partial charge on any atom is -0.481 e. The second-order valence-corrected chi connectivity index (χ2v) is 6.74. The van der Waals surface area contributed by atoms with Crippen LogP contribution in [0.1, 0.15) is 53.6 Å². The first-order chi connectivity index (χ1) is 11.9. The summed E-state index contributed by atoms with van der Waals surface area (Å²) in [5, 5.41) is 8.93. The molecule has 0 saturated carbocycles. The number of aliphatic carboxylic acids is 1. The molecule has 1 atom stereocenters. The maximum Gasteiger partial charge on any atom is 0.303 e. The van der Waals surface area contributed by atoms with Gasteiger partial charge in [0.1, 0.15) is 0 Å². The van der Waals surface area contributed by atoms with Crippen molar-refractivity contribution in [3.63, 3.8) is 0 Å². The number of aryl methyl sites for hydroxylation is 4. The Labute approximate surface area is 148 Å². The van der Waals surface area contributed by atoms with Crippen molar-refractivity contribution in [2.75, 3.05) is 11.4 Å². The van der Waals surface area contributed by atoms with Crippen molar-refractivity contribution in [1.29, 1.82) is 0 Å². The zero-order chi connectivity index (χ0) is 18.0. The summed E-state index contributed by atoms with van der Waals surface area (Å²) in [5.74, 6) is -0.0162. The summed E-state index contributed by atoms with van der Waals surface area (Å²) in [6.07, 6.45) is 2.74. The van der Waals surface area contributed by atoms with E-state index in [1.807, 2.05) is 39.0 Å². The number of hydrogen-bond donors (Lipinski definition) is 1. The number of nitrogens with zero attached hydrogens (tertiary/aromatic N) is 4. The van der Waals surface area contributed by atoms with E-state index in [1.54, 1.807) is 0 Å². The molecule has 1 fully saturated rings. The van der Waals surface area contributed by atoms with Crippen LogP contribution in [0.2, 0.25) is 0 Å². The fraction of sp³-hybridized carbons (Fsp3) is 0.474. The molecule has 132 valence electrons. The molecule has 0 aliphatic carbocycles. The number of carbonyl (C=O) groups is 1. The Bertz CT molecular complexity index is 771. The fourth-order valence-electron chi connectivity index (χ4n) is 3.48. The summed E-state index contributed by atoms with van der Waals surface area (Å²) < 4.78 is 0. The van der Waals surface area contributed by atoms with E-state index >= 15 is 0 Å². The molecule has 0 aromatic carbocycles. The van der Waals surface area contributed by atoms with E-state index in [9.17, 15) is 4.79 Å². The van der Waals surface area contributed by atoms with E-state index in [1.165, 1.54) is 0 Å². The van der Waals surface area contributed by atoms with Gasteiger partial charge in [0.2, 0.25) is 5.95 Å². The lowest BCUT2D eigenvalue weighted by molar-refractivity contribution is -0.136. The van der Waals surface area contributed by atoms with Crippen LogP contribution in [-0.2, 0) is 11.2 Å². The molecule has 6 nitrogen and oxygen atoms in total. The zero-order valence-corrected chi connectivity index (χ0v) is 15.0. The highest BCUT2D eigenvalue weighted by Crippen LogP contribution is 2.34. The third kappa shape index (κ3) is 4.13. The summed E-state index contributed by atoms with van der Waals surface area (Å²) in [5.41, 5.74) is 4.87. The lowest BCUT2D eigenvalue weighted by Crippen LogP contribution is -2.26. The summed E-state index contributed by atoms with van der Waals surface area (Å²) in [6.45, 7) is 6.84. The summed E-state index contributed by atoms with van der Waals surface area (Å²) in [7, 11) is 0. The standard InChI is InChI=1S/C19H24N4O2/c1-12-9-13(2)22-19(21-12)23-8-4-5-17(23)16-11-15(6-7-18(24)25)10-14(3)20-16/h9-11,17H,4-8H2,1-3H3,(H,24,25). The molecule has 1 aliphatic rings. The Morgan fingerprint density at radius 2 is 1.80 bits per heavy atom. The average molecular weight is 340 g/mol. The Hall–Kier alpha value is -2.50. The van der Waals surface area contributed by atoms with Gasteiger partial charge in [0.15, 0.2) is 0 Å². The second-order valence-electron chi connectivity index (χ2n) is 6.74. The van der Waals surface area contributed by atoms with Crippen molar-refractivity contribution in [2.45, 2.75) is 52.5 Å². The highest BCUT2D eigenvalue weighted by atomic mass is 16.4. The maximum atomic E-state index is 10.9. The molecule has 25 heavy (non-hydrogen) atoms. The second kappa shape index (κ2) is 7.17. The van der Waals surface area contributed by atoms with Gasteiger partial charge in [0.25, 0.3) is 0 Å². The molecule has 0 radical (unpaired) electrons. The Balaban J connectivity index is 1.90. The first kappa shape index (κ1) is 17.3. The van der Waals surface area contributed by atoms with Gasteiger partial charge in [-0.05, 0) is 63.8 Å². The predicted molar refractivity (Wildman–Crippen MR) is 95.8 cm³/mol. The number of pyridine rings is 1. The molecule has 2 aromatic rings. The van der Waals surface area contributed by atoms with Crippen molar-refractivity contribution >= 4 is 11.9 Å². The first-order valence-corrected chi connectivity index (χ1v) is 8.70. The number of rotatable bonds is 5. The van der Waals surface area contributed by atoms with Gasteiger partial charge >= 0.3 is 5.97 Å². The molecule has 2 aromatic heterocycles. The lowest BCUT2D eigenvalue weighted by Gasteiger charge is -2.25. The zero-order valence-electron chi connectivity index (χ0n) is 15.0. The van der Waals surface area contributed by atoms with Crippen LogP contribution in [0, 0.1) is 20.8 Å². The molecule has 1 aliphatic heterocycles. The molecular formula is C19H24N4O2. The fourth-order valence-corrected chi connectivity index (χ4v) is 3.48. The van der Waals surface area contributed by atoms with Gasteiger partial charge in [-0.3, -0.25) is 9.78 Å². The third-order valence-electron chi connectivity index (χ3n) is 4.48. The molecule has 6 heteroatoms. The smallest absolute Gasteiger partial charge is 0.303 e. The quantitative estimate of drug-likeness (QED) is 0.901. The van der Waals surface area contributed by atoms with E-state index in [0.29, 0.717) is 6.42 Å². The number of carboxylic acid groups (broad SMARTS) is 1. The average Bonchev–Trinajstić information content (AvgIpc) is 3.01. The van der Waals surface area contributed by atoms with Crippen LogP contribution in [0.4, 0.5) is 5.95 Å². The predicted octanol–water partition coefficient (Wildman–Crippen LogP) is 3.16. The van der Waals surface area contributed by atoms with Gasteiger partial charge in [-0.15, -0.1) is 0 Å². The van der Waals surface area contributed by atoms with Gasteiger partial charge in [-0.1, -0.05) is 0 Å². The minimum absolute atomic E-state index is 0.136. The molecule has 3 heterocycles. The molecule has 1 saturated heterocycles. The first-order valence-electron chi connectivity index (χ1n) is 8.70. The Kier molecular flexibility index (Phi) is 4.97. The van der Waals surface area contributed by atoms with Crippen molar-refractivity contribution in [2.24, 2.45) is 0 Å². The van der Waals surface area contributed by atoms with Crippen LogP contribution in [0.3, 0.4) is 0 Å². The largest absolute Gasteiger partial charge is 0.481 e. The van der Waals surface area contributed by atoms with E-state index in [4.69, 9.17) is 10.1 Å². The maximum absolute atomic E-state index is 10.9. The highest BCUT2D eigenvalue weighted by molar-refractivity contribution is 5.67. The number of hydrogen-bond acceptors (Lipinski definition) is 5. The molecule has 0 spiro atoms. The third-order valence-corrected chi connectivity index (χ3v) is 4.48. The number of aromatic nitrogens is 3. The van der Waals surface area contributed by atoms with Crippen molar-refractivity contribution < 1.29 is 9.90 Å². The summed E-state index contributed by atoms with van der Waals surface area (Å²) in [6, 6.07) is 6.13.